The summed E-state index contributed by atoms with van der Waals surface area (Å²) in [4.78, 5) is 22.2. The van der Waals surface area contributed by atoms with Crippen LogP contribution in [0.5, 0.6) is 5.75 Å². The number of benzene rings is 2. The van der Waals surface area contributed by atoms with E-state index < -0.39 is 4.92 Å². The predicted octanol–water partition coefficient (Wildman–Crippen LogP) is 3.53. The molecule has 0 spiro atoms. The van der Waals surface area contributed by atoms with Crippen LogP contribution in [0.2, 0.25) is 0 Å². The van der Waals surface area contributed by atoms with Crippen LogP contribution < -0.4 is 4.74 Å². The van der Waals surface area contributed by atoms with Crippen molar-refractivity contribution in [2.75, 3.05) is 5.75 Å². The van der Waals surface area contributed by atoms with Crippen molar-refractivity contribution in [1.82, 2.24) is 10.2 Å². The average Bonchev–Trinajstić information content (AvgIpc) is 3.13. The van der Waals surface area contributed by atoms with E-state index in [9.17, 15) is 14.9 Å². The highest BCUT2D eigenvalue weighted by Gasteiger charge is 2.13. The zero-order valence-electron chi connectivity index (χ0n) is 13.4. The molecule has 0 N–H and O–H groups in total. The Kier molecular flexibility index (Phi) is 5.59. The minimum Gasteiger partial charge on any atom is -0.484 e. The smallest absolute Gasteiger partial charge is 0.277 e. The highest BCUT2D eigenvalue weighted by atomic mass is 32.2. The van der Waals surface area contributed by atoms with Crippen molar-refractivity contribution in [3.63, 3.8) is 0 Å². The van der Waals surface area contributed by atoms with Gasteiger partial charge in [-0.2, -0.15) is 0 Å². The topological polar surface area (TPSA) is 108 Å². The van der Waals surface area contributed by atoms with E-state index in [1.54, 1.807) is 0 Å². The van der Waals surface area contributed by atoms with E-state index in [-0.39, 0.29) is 29.1 Å². The van der Waals surface area contributed by atoms with E-state index >= 15 is 0 Å². The SMILES string of the molecule is O=C(CSc1nnc(COc2ccccc2)o1)c1ccc([N+](=O)[O-])cc1. The van der Waals surface area contributed by atoms with Crippen LogP contribution in [0, 0.1) is 10.1 Å². The third-order valence-corrected chi connectivity index (χ3v) is 4.10. The van der Waals surface area contributed by atoms with E-state index in [1.165, 1.54) is 24.3 Å². The fraction of sp³-hybridized carbons (Fsp3) is 0.118. The summed E-state index contributed by atoms with van der Waals surface area (Å²) in [6.45, 7) is 0.133. The van der Waals surface area contributed by atoms with Crippen LogP contribution in [0.3, 0.4) is 0 Å². The molecule has 0 bridgehead atoms. The predicted molar refractivity (Wildman–Crippen MR) is 93.2 cm³/mol. The summed E-state index contributed by atoms with van der Waals surface area (Å²) in [5.41, 5.74) is 0.324. The van der Waals surface area contributed by atoms with Gasteiger partial charge in [-0.1, -0.05) is 30.0 Å². The lowest BCUT2D eigenvalue weighted by Crippen LogP contribution is -2.02. The number of non-ortho nitro benzene ring substituents is 1. The second-order valence-corrected chi connectivity index (χ2v) is 6.01. The molecule has 0 fully saturated rings. The maximum atomic E-state index is 12.1. The lowest BCUT2D eigenvalue weighted by molar-refractivity contribution is -0.384. The van der Waals surface area contributed by atoms with Gasteiger partial charge in [0.1, 0.15) is 5.75 Å². The molecule has 1 aromatic heterocycles. The molecule has 3 aromatic rings. The van der Waals surface area contributed by atoms with E-state index in [0.717, 1.165) is 11.8 Å². The molecule has 0 saturated heterocycles. The highest BCUT2D eigenvalue weighted by molar-refractivity contribution is 7.99. The summed E-state index contributed by atoms with van der Waals surface area (Å²) in [6, 6.07) is 14.7. The Bertz CT molecular complexity index is 896. The summed E-state index contributed by atoms with van der Waals surface area (Å²) >= 11 is 1.10. The molecule has 132 valence electrons. The summed E-state index contributed by atoms with van der Waals surface area (Å²) in [6.07, 6.45) is 0. The monoisotopic (exact) mass is 371 g/mol. The van der Waals surface area contributed by atoms with Gasteiger partial charge in [0, 0.05) is 17.7 Å². The first-order valence-electron chi connectivity index (χ1n) is 7.52. The number of rotatable bonds is 8. The standard InChI is InChI=1S/C17H13N3O5S/c21-15(12-6-8-13(9-7-12)20(22)23)11-26-17-19-18-16(25-17)10-24-14-4-2-1-3-5-14/h1-9H,10-11H2. The number of carbonyl (C=O) groups excluding carboxylic acids is 1. The van der Waals surface area contributed by atoms with Gasteiger partial charge in [0.2, 0.25) is 0 Å². The first kappa shape index (κ1) is 17.6. The maximum absolute atomic E-state index is 12.1. The van der Waals surface area contributed by atoms with Crippen LogP contribution in [0.25, 0.3) is 0 Å². The summed E-state index contributed by atoms with van der Waals surface area (Å²) in [7, 11) is 0. The van der Waals surface area contributed by atoms with Gasteiger partial charge in [0.15, 0.2) is 12.4 Å². The quantitative estimate of drug-likeness (QED) is 0.256. The molecule has 0 aliphatic heterocycles. The minimum absolute atomic E-state index is 0.0610. The van der Waals surface area contributed by atoms with E-state index in [2.05, 4.69) is 10.2 Å². The third kappa shape index (κ3) is 4.67. The molecular weight excluding hydrogens is 358 g/mol. The first-order chi connectivity index (χ1) is 12.6. The maximum Gasteiger partial charge on any atom is 0.277 e. The van der Waals surface area contributed by atoms with Crippen molar-refractivity contribution < 1.29 is 18.9 Å². The highest BCUT2D eigenvalue weighted by Crippen LogP contribution is 2.20. The molecule has 1 heterocycles. The van der Waals surface area contributed by atoms with E-state index in [0.29, 0.717) is 17.2 Å². The van der Waals surface area contributed by atoms with Gasteiger partial charge >= 0.3 is 0 Å². The van der Waals surface area contributed by atoms with Crippen molar-refractivity contribution in [3.05, 3.63) is 76.2 Å². The number of hydrogen-bond donors (Lipinski definition) is 0. The van der Waals surface area contributed by atoms with Gasteiger partial charge in [0.25, 0.3) is 16.8 Å². The van der Waals surface area contributed by atoms with Crippen LogP contribution in [-0.2, 0) is 6.61 Å². The van der Waals surface area contributed by atoms with Gasteiger partial charge in [-0.3, -0.25) is 14.9 Å². The number of Topliss-reactive ketones (excluding diaryl/α,β-unsaturated/α-hetero) is 1. The number of thioether (sulfide) groups is 1. The summed E-state index contributed by atoms with van der Waals surface area (Å²) in [5, 5.41) is 18.6. The zero-order valence-corrected chi connectivity index (χ0v) is 14.2. The summed E-state index contributed by atoms with van der Waals surface area (Å²) in [5.74, 6) is 0.886. The number of nitro benzene ring substituents is 1. The Morgan fingerprint density at radius 1 is 1.12 bits per heavy atom. The summed E-state index contributed by atoms with van der Waals surface area (Å²) < 4.78 is 10.9. The Balaban J connectivity index is 1.51. The second-order valence-electron chi connectivity index (χ2n) is 5.08. The van der Waals surface area contributed by atoms with Crippen molar-refractivity contribution in [1.29, 1.82) is 0 Å². The first-order valence-corrected chi connectivity index (χ1v) is 8.51. The molecule has 2 aromatic carbocycles. The van der Waals surface area contributed by atoms with Gasteiger partial charge in [-0.15, -0.1) is 10.2 Å². The van der Waals surface area contributed by atoms with Gasteiger partial charge in [0.05, 0.1) is 10.7 Å². The normalized spacial score (nSPS) is 10.5. The number of nitro groups is 1. The number of ketones is 1. The molecule has 0 atom stereocenters. The fourth-order valence-corrected chi connectivity index (χ4v) is 2.67. The number of ether oxygens (including phenoxy) is 1. The Morgan fingerprint density at radius 3 is 2.54 bits per heavy atom. The molecular formula is C17H13N3O5S. The number of nitrogens with zero attached hydrogens (tertiary/aromatic N) is 3. The Labute approximate surface area is 152 Å². The van der Waals surface area contributed by atoms with Gasteiger partial charge in [-0.05, 0) is 24.3 Å². The fourth-order valence-electron chi connectivity index (χ4n) is 2.00. The van der Waals surface area contributed by atoms with Crippen molar-refractivity contribution in [2.24, 2.45) is 0 Å². The lowest BCUT2D eigenvalue weighted by atomic mass is 10.1. The van der Waals surface area contributed by atoms with Crippen molar-refractivity contribution in [2.45, 2.75) is 11.8 Å². The lowest BCUT2D eigenvalue weighted by Gasteiger charge is -2.01. The number of aromatic nitrogens is 2. The van der Waals surface area contributed by atoms with Crippen LogP contribution in [0.15, 0.2) is 64.2 Å². The molecule has 3 rings (SSSR count). The van der Waals surface area contributed by atoms with Crippen LogP contribution >= 0.6 is 11.8 Å². The van der Waals surface area contributed by atoms with Gasteiger partial charge in [-0.25, -0.2) is 0 Å². The third-order valence-electron chi connectivity index (χ3n) is 3.28. The molecule has 8 nitrogen and oxygen atoms in total. The average molecular weight is 371 g/mol. The van der Waals surface area contributed by atoms with Crippen molar-refractivity contribution in [3.8, 4) is 5.75 Å². The number of hydrogen-bond acceptors (Lipinski definition) is 8. The molecule has 0 aliphatic carbocycles. The molecule has 26 heavy (non-hydrogen) atoms. The molecule has 0 unspecified atom stereocenters. The van der Waals surface area contributed by atoms with Crippen LogP contribution in [0.1, 0.15) is 16.2 Å². The Morgan fingerprint density at radius 2 is 1.85 bits per heavy atom. The largest absolute Gasteiger partial charge is 0.484 e. The number of carbonyl (C=O) groups is 1. The van der Waals surface area contributed by atoms with Crippen LogP contribution in [-0.4, -0.2) is 26.7 Å². The number of para-hydroxylation sites is 1. The molecule has 0 radical (unpaired) electrons. The van der Waals surface area contributed by atoms with Crippen molar-refractivity contribution >= 4 is 23.2 Å². The Hall–Kier alpha value is -3.20. The molecule has 0 aliphatic rings. The molecule has 0 amide bonds. The van der Waals surface area contributed by atoms with E-state index in [1.807, 2.05) is 30.3 Å². The molecule has 9 heteroatoms. The minimum atomic E-state index is -0.513. The molecule has 0 saturated carbocycles. The zero-order chi connectivity index (χ0) is 18.4. The van der Waals surface area contributed by atoms with Gasteiger partial charge < -0.3 is 9.15 Å². The second kappa shape index (κ2) is 8.26. The van der Waals surface area contributed by atoms with E-state index in [4.69, 9.17) is 9.15 Å². The van der Waals surface area contributed by atoms with Crippen LogP contribution in [0.4, 0.5) is 5.69 Å².